The lowest BCUT2D eigenvalue weighted by Crippen LogP contribution is -2.37. The first-order chi connectivity index (χ1) is 19.4. The maximum absolute atomic E-state index is 2.55. The molecule has 0 aliphatic heterocycles. The van der Waals surface area contributed by atoms with Crippen LogP contribution in [0.5, 0.6) is 0 Å². The molecular formula is C38H72N+. The number of pyridine rings is 1. The number of rotatable bonds is 31. The van der Waals surface area contributed by atoms with Gasteiger partial charge in [0.25, 0.3) is 0 Å². The van der Waals surface area contributed by atoms with E-state index >= 15 is 0 Å². The van der Waals surface area contributed by atoms with Gasteiger partial charge in [-0.1, -0.05) is 187 Å². The third-order valence-electron chi connectivity index (χ3n) is 8.82. The topological polar surface area (TPSA) is 3.88 Å². The lowest BCUT2D eigenvalue weighted by atomic mass is 10.0. The average molecular weight is 543 g/mol. The highest BCUT2D eigenvalue weighted by Crippen LogP contribution is 2.15. The number of hydrogen-bond donors (Lipinski definition) is 0. The summed E-state index contributed by atoms with van der Waals surface area (Å²) in [6.07, 6.45) is 45.4. The van der Waals surface area contributed by atoms with Crippen molar-refractivity contribution in [3.05, 3.63) is 30.1 Å². The van der Waals surface area contributed by atoms with Gasteiger partial charge in [-0.25, -0.2) is 4.57 Å². The van der Waals surface area contributed by atoms with Crippen molar-refractivity contribution >= 4 is 0 Å². The first-order valence-corrected chi connectivity index (χ1v) is 18.4. The fourth-order valence-electron chi connectivity index (χ4n) is 6.11. The molecule has 0 spiro atoms. The van der Waals surface area contributed by atoms with E-state index in [1.54, 1.807) is 5.69 Å². The fourth-order valence-corrected chi connectivity index (χ4v) is 6.11. The lowest BCUT2D eigenvalue weighted by Gasteiger charge is -2.06. The standard InChI is InChI=1S/C38H72N/c1-3-5-7-9-11-13-15-17-18-19-20-22-24-26-28-30-34-38-35-31-33-37-39(38)36-32-29-27-25-23-21-16-14-12-10-8-6-4-2/h31,33,35,37H,3-30,32,34,36H2,1-2H3/q+1. The summed E-state index contributed by atoms with van der Waals surface area (Å²) in [7, 11) is 0. The number of nitrogens with zero attached hydrogens (tertiary/aromatic N) is 1. The SMILES string of the molecule is CCCCCCCCCCCCCCCCCCc1cccc[n+]1CCCCCCCCCCCCCCC. The fraction of sp³-hybridized carbons (Fsp3) is 0.868. The third kappa shape index (κ3) is 24.7. The normalized spacial score (nSPS) is 11.4. The minimum atomic E-state index is 1.22. The van der Waals surface area contributed by atoms with Gasteiger partial charge in [0.15, 0.2) is 11.9 Å². The molecule has 0 N–H and O–H groups in total. The van der Waals surface area contributed by atoms with Crippen molar-refractivity contribution in [3.8, 4) is 0 Å². The van der Waals surface area contributed by atoms with Crippen molar-refractivity contribution < 1.29 is 4.57 Å². The largest absolute Gasteiger partial charge is 0.202 e. The van der Waals surface area contributed by atoms with Crippen LogP contribution in [-0.2, 0) is 13.0 Å². The van der Waals surface area contributed by atoms with Crippen molar-refractivity contribution in [2.24, 2.45) is 0 Å². The molecule has 0 saturated carbocycles. The maximum Gasteiger partial charge on any atom is 0.181 e. The number of unbranched alkanes of at least 4 members (excludes halogenated alkanes) is 27. The molecule has 228 valence electrons. The van der Waals surface area contributed by atoms with Gasteiger partial charge in [-0.3, -0.25) is 0 Å². The molecule has 0 aliphatic rings. The van der Waals surface area contributed by atoms with Gasteiger partial charge >= 0.3 is 0 Å². The third-order valence-corrected chi connectivity index (χ3v) is 8.82. The first kappa shape index (κ1) is 36.2. The molecule has 0 saturated heterocycles. The average Bonchev–Trinajstić information content (AvgIpc) is 2.96. The Hall–Kier alpha value is -0.850. The summed E-state index contributed by atoms with van der Waals surface area (Å²) in [5.74, 6) is 0. The van der Waals surface area contributed by atoms with E-state index < -0.39 is 0 Å². The van der Waals surface area contributed by atoms with Gasteiger partial charge in [0, 0.05) is 25.0 Å². The van der Waals surface area contributed by atoms with Crippen molar-refractivity contribution in [1.82, 2.24) is 0 Å². The number of aromatic nitrogens is 1. The van der Waals surface area contributed by atoms with Gasteiger partial charge < -0.3 is 0 Å². The minimum absolute atomic E-state index is 1.22. The second kappa shape index (κ2) is 30.1. The van der Waals surface area contributed by atoms with Crippen LogP contribution in [0.3, 0.4) is 0 Å². The van der Waals surface area contributed by atoms with Crippen LogP contribution in [0.2, 0.25) is 0 Å². The highest BCUT2D eigenvalue weighted by Gasteiger charge is 2.09. The predicted molar refractivity (Wildman–Crippen MR) is 176 cm³/mol. The highest BCUT2D eigenvalue weighted by atomic mass is 14.9. The number of aryl methyl sites for hydroxylation is 2. The van der Waals surface area contributed by atoms with Crippen LogP contribution in [0, 0.1) is 0 Å². The Labute approximate surface area is 247 Å². The molecule has 1 rings (SSSR count). The summed E-state index contributed by atoms with van der Waals surface area (Å²) in [5.41, 5.74) is 1.56. The van der Waals surface area contributed by atoms with Crippen LogP contribution in [0.4, 0.5) is 0 Å². The molecule has 39 heavy (non-hydrogen) atoms. The first-order valence-electron chi connectivity index (χ1n) is 18.4. The lowest BCUT2D eigenvalue weighted by molar-refractivity contribution is -0.704. The van der Waals surface area contributed by atoms with Crippen molar-refractivity contribution in [2.75, 3.05) is 0 Å². The summed E-state index contributed by atoms with van der Waals surface area (Å²) in [6.45, 7) is 5.83. The summed E-state index contributed by atoms with van der Waals surface area (Å²) in [4.78, 5) is 0. The van der Waals surface area contributed by atoms with Gasteiger partial charge in [0.2, 0.25) is 0 Å². The zero-order chi connectivity index (χ0) is 27.9. The molecule has 0 atom stereocenters. The van der Waals surface area contributed by atoms with E-state index in [-0.39, 0.29) is 0 Å². The summed E-state index contributed by atoms with van der Waals surface area (Å²) < 4.78 is 2.55. The van der Waals surface area contributed by atoms with E-state index in [2.05, 4.69) is 42.8 Å². The smallest absolute Gasteiger partial charge is 0.181 e. The van der Waals surface area contributed by atoms with Gasteiger partial charge in [0.1, 0.15) is 6.54 Å². The Morgan fingerprint density at radius 3 is 1.10 bits per heavy atom. The Morgan fingerprint density at radius 2 is 0.718 bits per heavy atom. The highest BCUT2D eigenvalue weighted by molar-refractivity contribution is 4.97. The molecule has 1 heterocycles. The van der Waals surface area contributed by atoms with E-state index in [1.165, 1.54) is 199 Å². The van der Waals surface area contributed by atoms with E-state index in [9.17, 15) is 0 Å². The molecule has 0 radical (unpaired) electrons. The molecule has 0 aliphatic carbocycles. The molecule has 0 unspecified atom stereocenters. The van der Waals surface area contributed by atoms with E-state index in [4.69, 9.17) is 0 Å². The molecule has 1 aromatic rings. The van der Waals surface area contributed by atoms with Crippen LogP contribution in [0.15, 0.2) is 24.4 Å². The predicted octanol–water partition coefficient (Wildman–Crippen LogP) is 12.9. The second-order valence-electron chi connectivity index (χ2n) is 12.7. The quantitative estimate of drug-likeness (QED) is 0.0648. The molecule has 0 fully saturated rings. The molecule has 0 bridgehead atoms. The van der Waals surface area contributed by atoms with Gasteiger partial charge in [-0.2, -0.15) is 0 Å². The Kier molecular flexibility index (Phi) is 27.9. The summed E-state index contributed by atoms with van der Waals surface area (Å²) in [5, 5.41) is 0. The van der Waals surface area contributed by atoms with Crippen LogP contribution < -0.4 is 4.57 Å². The Balaban J connectivity index is 1.91. The van der Waals surface area contributed by atoms with Gasteiger partial charge in [0.05, 0.1) is 0 Å². The van der Waals surface area contributed by atoms with Gasteiger partial charge in [-0.05, 0) is 12.8 Å². The van der Waals surface area contributed by atoms with Crippen molar-refractivity contribution in [2.45, 2.75) is 213 Å². The van der Waals surface area contributed by atoms with Crippen LogP contribution >= 0.6 is 0 Å². The maximum atomic E-state index is 2.55. The molecule has 1 heteroatoms. The molecular weight excluding hydrogens is 470 g/mol. The second-order valence-corrected chi connectivity index (χ2v) is 12.7. The zero-order valence-corrected chi connectivity index (χ0v) is 27.2. The van der Waals surface area contributed by atoms with E-state index in [1.807, 2.05) is 0 Å². The molecule has 0 aromatic carbocycles. The molecule has 1 aromatic heterocycles. The molecule has 1 nitrogen and oxygen atoms in total. The summed E-state index contributed by atoms with van der Waals surface area (Å²) in [6, 6.07) is 6.83. The van der Waals surface area contributed by atoms with Crippen LogP contribution in [0.25, 0.3) is 0 Å². The van der Waals surface area contributed by atoms with Crippen molar-refractivity contribution in [1.29, 1.82) is 0 Å². The Bertz CT molecular complexity index is 594. The van der Waals surface area contributed by atoms with E-state index in [0.717, 1.165) is 0 Å². The van der Waals surface area contributed by atoms with Gasteiger partial charge in [-0.15, -0.1) is 0 Å². The summed E-state index contributed by atoms with van der Waals surface area (Å²) >= 11 is 0. The van der Waals surface area contributed by atoms with Crippen molar-refractivity contribution in [3.63, 3.8) is 0 Å². The number of hydrogen-bond acceptors (Lipinski definition) is 0. The zero-order valence-electron chi connectivity index (χ0n) is 27.2. The Morgan fingerprint density at radius 1 is 0.385 bits per heavy atom. The monoisotopic (exact) mass is 543 g/mol. The van der Waals surface area contributed by atoms with Crippen LogP contribution in [-0.4, -0.2) is 0 Å². The van der Waals surface area contributed by atoms with E-state index in [0.29, 0.717) is 0 Å². The minimum Gasteiger partial charge on any atom is -0.202 e. The van der Waals surface area contributed by atoms with Crippen LogP contribution in [0.1, 0.15) is 206 Å². The molecule has 0 amide bonds.